The maximum atomic E-state index is 13.1. The molecule has 2 aromatic carbocycles. The van der Waals surface area contributed by atoms with Crippen LogP contribution in [0, 0.1) is 0 Å². The van der Waals surface area contributed by atoms with Crippen molar-refractivity contribution in [3.05, 3.63) is 87.9 Å². The highest BCUT2D eigenvalue weighted by Gasteiger charge is 2.18. The van der Waals surface area contributed by atoms with Crippen LogP contribution in [0.15, 0.2) is 66.0 Å². The summed E-state index contributed by atoms with van der Waals surface area (Å²) in [6.45, 7) is 2.59. The number of ether oxygens (including phenoxy) is 1. The van der Waals surface area contributed by atoms with Gasteiger partial charge in [-0.25, -0.2) is 4.79 Å². The number of anilines is 1. The third-order valence-corrected chi connectivity index (χ3v) is 5.75. The summed E-state index contributed by atoms with van der Waals surface area (Å²) in [5.74, 6) is -0.659. The molecular weight excluding hydrogens is 420 g/mol. The van der Waals surface area contributed by atoms with Crippen LogP contribution in [0.5, 0.6) is 0 Å². The number of carbonyl (C=O) groups excluding carboxylic acids is 2. The molecule has 1 amide bonds. The van der Waals surface area contributed by atoms with E-state index in [1.54, 1.807) is 42.5 Å². The van der Waals surface area contributed by atoms with Gasteiger partial charge in [0.25, 0.3) is 5.91 Å². The molecule has 0 aliphatic rings. The molecule has 2 aromatic heterocycles. The van der Waals surface area contributed by atoms with Gasteiger partial charge in [0.05, 0.1) is 22.4 Å². The summed E-state index contributed by atoms with van der Waals surface area (Å²) < 4.78 is 8.05. The molecule has 30 heavy (non-hydrogen) atoms. The molecule has 5 nitrogen and oxygen atoms in total. The minimum Gasteiger partial charge on any atom is -0.462 e. The fourth-order valence-corrected chi connectivity index (χ4v) is 4.19. The normalized spacial score (nSPS) is 10.9. The Morgan fingerprint density at radius 3 is 2.67 bits per heavy atom. The molecular formula is C23H19ClN2O3S. The Bertz CT molecular complexity index is 1210. The monoisotopic (exact) mass is 438 g/mol. The Labute approximate surface area is 182 Å². The second-order valence-corrected chi connectivity index (χ2v) is 8.05. The summed E-state index contributed by atoms with van der Waals surface area (Å²) >= 11 is 7.58. The number of amides is 1. The van der Waals surface area contributed by atoms with Gasteiger partial charge in [-0.3, -0.25) is 4.79 Å². The van der Waals surface area contributed by atoms with Crippen molar-refractivity contribution < 1.29 is 14.3 Å². The number of hydrogen-bond donors (Lipinski definition) is 1. The van der Waals surface area contributed by atoms with Crippen molar-refractivity contribution in [3.63, 3.8) is 0 Å². The van der Waals surface area contributed by atoms with Crippen LogP contribution in [-0.4, -0.2) is 23.1 Å². The molecule has 0 unspecified atom stereocenters. The lowest BCUT2D eigenvalue weighted by atomic mass is 10.2. The van der Waals surface area contributed by atoms with Crippen molar-refractivity contribution in [3.8, 4) is 0 Å². The van der Waals surface area contributed by atoms with Gasteiger partial charge in [-0.2, -0.15) is 0 Å². The summed E-state index contributed by atoms with van der Waals surface area (Å²) in [5, 5.41) is 5.58. The van der Waals surface area contributed by atoms with E-state index >= 15 is 0 Å². The topological polar surface area (TPSA) is 60.3 Å². The molecule has 152 valence electrons. The number of hydrogen-bond acceptors (Lipinski definition) is 4. The number of nitrogens with zero attached hydrogens (tertiary/aromatic N) is 1. The minimum atomic E-state index is -0.416. The van der Waals surface area contributed by atoms with Crippen LogP contribution in [0.4, 0.5) is 5.69 Å². The van der Waals surface area contributed by atoms with E-state index in [4.69, 9.17) is 16.3 Å². The van der Waals surface area contributed by atoms with Crippen molar-refractivity contribution in [1.82, 2.24) is 4.57 Å². The van der Waals surface area contributed by atoms with Crippen molar-refractivity contribution in [1.29, 1.82) is 0 Å². The van der Waals surface area contributed by atoms with Crippen LogP contribution in [-0.2, 0) is 11.3 Å². The number of fused-ring (bicyclic) bond motifs is 1. The van der Waals surface area contributed by atoms with Gasteiger partial charge in [0, 0.05) is 17.3 Å². The fourth-order valence-electron chi connectivity index (χ4n) is 3.24. The maximum Gasteiger partial charge on any atom is 0.338 e. The quantitative estimate of drug-likeness (QED) is 0.385. The highest BCUT2D eigenvalue weighted by molar-refractivity contribution is 7.17. The molecule has 2 heterocycles. The number of thiophene rings is 1. The van der Waals surface area contributed by atoms with Crippen molar-refractivity contribution in [2.24, 2.45) is 0 Å². The van der Waals surface area contributed by atoms with E-state index in [1.807, 2.05) is 46.3 Å². The van der Waals surface area contributed by atoms with E-state index in [9.17, 15) is 9.59 Å². The Balaban J connectivity index is 1.62. The van der Waals surface area contributed by atoms with E-state index in [0.29, 0.717) is 35.1 Å². The Morgan fingerprint density at radius 1 is 1.10 bits per heavy atom. The number of esters is 1. The molecule has 0 aliphatic heterocycles. The summed E-state index contributed by atoms with van der Waals surface area (Å²) in [5.41, 5.74) is 3.52. The van der Waals surface area contributed by atoms with Crippen LogP contribution < -0.4 is 5.32 Å². The lowest BCUT2D eigenvalue weighted by Crippen LogP contribution is -2.18. The summed E-state index contributed by atoms with van der Waals surface area (Å²) in [6.07, 6.45) is 0. The first kappa shape index (κ1) is 20.2. The molecule has 0 atom stereocenters. The molecule has 0 radical (unpaired) electrons. The first-order chi connectivity index (χ1) is 14.5. The van der Waals surface area contributed by atoms with E-state index in [2.05, 4.69) is 5.32 Å². The van der Waals surface area contributed by atoms with Crippen molar-refractivity contribution in [2.75, 3.05) is 11.9 Å². The van der Waals surface area contributed by atoms with Gasteiger partial charge in [-0.15, -0.1) is 11.3 Å². The molecule has 1 N–H and O–H groups in total. The third-order valence-electron chi connectivity index (χ3n) is 4.64. The summed E-state index contributed by atoms with van der Waals surface area (Å²) in [7, 11) is 0. The summed E-state index contributed by atoms with van der Waals surface area (Å²) in [6, 6.07) is 18.2. The molecule has 0 aliphatic carbocycles. The van der Waals surface area contributed by atoms with Gasteiger partial charge in [0.1, 0.15) is 5.69 Å². The second-order valence-electron chi connectivity index (χ2n) is 6.67. The van der Waals surface area contributed by atoms with Gasteiger partial charge in [-0.1, -0.05) is 29.8 Å². The zero-order chi connectivity index (χ0) is 21.1. The van der Waals surface area contributed by atoms with Crippen LogP contribution in [0.1, 0.15) is 33.3 Å². The molecule has 0 saturated heterocycles. The van der Waals surface area contributed by atoms with E-state index < -0.39 is 5.97 Å². The van der Waals surface area contributed by atoms with E-state index in [1.165, 1.54) is 0 Å². The Morgan fingerprint density at radius 2 is 1.90 bits per heavy atom. The molecule has 0 fully saturated rings. The highest BCUT2D eigenvalue weighted by Crippen LogP contribution is 2.27. The molecule has 0 spiro atoms. The van der Waals surface area contributed by atoms with Gasteiger partial charge in [-0.05, 0) is 60.3 Å². The lowest BCUT2D eigenvalue weighted by Gasteiger charge is -2.12. The minimum absolute atomic E-state index is 0.242. The number of rotatable bonds is 6. The van der Waals surface area contributed by atoms with Crippen LogP contribution in [0.2, 0.25) is 5.02 Å². The Kier molecular flexibility index (Phi) is 5.88. The molecule has 4 aromatic rings. The molecule has 4 rings (SSSR count). The zero-order valence-electron chi connectivity index (χ0n) is 16.2. The first-order valence-corrected chi connectivity index (χ1v) is 10.7. The van der Waals surface area contributed by atoms with E-state index in [-0.39, 0.29) is 5.91 Å². The summed E-state index contributed by atoms with van der Waals surface area (Å²) in [4.78, 5) is 25.1. The smallest absolute Gasteiger partial charge is 0.338 e. The number of halogens is 1. The standard InChI is InChI=1S/C23H19ClN2O3S/c1-2-29-23(28)16-4-3-5-18(12-16)25-22(27)20-13-21-19(10-11-30-21)26(20)14-15-6-8-17(24)9-7-15/h3-13H,2,14H2,1H3,(H,25,27). The predicted molar refractivity (Wildman–Crippen MR) is 121 cm³/mol. The van der Waals surface area contributed by atoms with Crippen LogP contribution in [0.25, 0.3) is 10.2 Å². The largest absolute Gasteiger partial charge is 0.462 e. The lowest BCUT2D eigenvalue weighted by molar-refractivity contribution is 0.0526. The third kappa shape index (κ3) is 4.25. The fraction of sp³-hybridized carbons (Fsp3) is 0.130. The van der Waals surface area contributed by atoms with Crippen molar-refractivity contribution >= 4 is 50.7 Å². The van der Waals surface area contributed by atoms with Gasteiger partial charge in [0.15, 0.2) is 0 Å². The number of nitrogens with one attached hydrogen (secondary N) is 1. The highest BCUT2D eigenvalue weighted by atomic mass is 35.5. The van der Waals surface area contributed by atoms with Crippen LogP contribution in [0.3, 0.4) is 0 Å². The number of benzene rings is 2. The number of aromatic nitrogens is 1. The average Bonchev–Trinajstić information content (AvgIpc) is 3.33. The predicted octanol–water partition coefficient (Wildman–Crippen LogP) is 5.83. The van der Waals surface area contributed by atoms with Gasteiger partial charge >= 0.3 is 5.97 Å². The van der Waals surface area contributed by atoms with Gasteiger partial charge < -0.3 is 14.6 Å². The zero-order valence-corrected chi connectivity index (χ0v) is 17.8. The molecule has 7 heteroatoms. The average molecular weight is 439 g/mol. The maximum absolute atomic E-state index is 13.1. The first-order valence-electron chi connectivity index (χ1n) is 9.45. The van der Waals surface area contributed by atoms with Gasteiger partial charge in [0.2, 0.25) is 0 Å². The second kappa shape index (κ2) is 8.73. The van der Waals surface area contributed by atoms with Crippen LogP contribution >= 0.6 is 22.9 Å². The number of carbonyl (C=O) groups is 2. The molecule has 0 saturated carbocycles. The SMILES string of the molecule is CCOC(=O)c1cccc(NC(=O)c2cc3sccc3n2Cc2ccc(Cl)cc2)c1. The van der Waals surface area contributed by atoms with Crippen molar-refractivity contribution in [2.45, 2.75) is 13.5 Å². The Hall–Kier alpha value is -3.09. The van der Waals surface area contributed by atoms with E-state index in [0.717, 1.165) is 15.8 Å². The molecule has 0 bridgehead atoms.